The van der Waals surface area contributed by atoms with Crippen molar-refractivity contribution in [1.82, 2.24) is 16.0 Å². The molecule has 0 amide bonds. The van der Waals surface area contributed by atoms with Crippen LogP contribution in [0.15, 0.2) is 35.3 Å². The van der Waals surface area contributed by atoms with Gasteiger partial charge in [-0.3, -0.25) is 4.99 Å². The van der Waals surface area contributed by atoms with E-state index >= 15 is 0 Å². The summed E-state index contributed by atoms with van der Waals surface area (Å²) < 4.78 is 5.79. The van der Waals surface area contributed by atoms with Crippen LogP contribution in [-0.4, -0.2) is 44.3 Å². The van der Waals surface area contributed by atoms with Crippen molar-refractivity contribution in [3.63, 3.8) is 0 Å². The van der Waals surface area contributed by atoms with Crippen LogP contribution in [0.3, 0.4) is 0 Å². The maximum atomic E-state index is 5.79. The van der Waals surface area contributed by atoms with Crippen molar-refractivity contribution in [1.29, 1.82) is 0 Å². The Balaban J connectivity index is 0.00000625. The molecule has 0 radical (unpaired) electrons. The Kier molecular flexibility index (Phi) is 13.8. The second kappa shape index (κ2) is 14.2. The van der Waals surface area contributed by atoms with Crippen molar-refractivity contribution >= 4 is 29.9 Å². The van der Waals surface area contributed by atoms with Crippen molar-refractivity contribution in [2.75, 3.05) is 32.8 Å². The highest BCUT2D eigenvalue weighted by molar-refractivity contribution is 14.0. The highest BCUT2D eigenvalue weighted by Crippen LogP contribution is 2.03. The van der Waals surface area contributed by atoms with E-state index in [1.807, 2.05) is 18.2 Å². The normalized spacial score (nSPS) is 13.0. The van der Waals surface area contributed by atoms with E-state index in [9.17, 15) is 0 Å². The van der Waals surface area contributed by atoms with E-state index in [0.29, 0.717) is 19.1 Å². The molecular weight excluding hydrogens is 439 g/mol. The summed E-state index contributed by atoms with van der Waals surface area (Å²) in [6.45, 7) is 15.5. The Morgan fingerprint density at radius 3 is 2.42 bits per heavy atom. The van der Waals surface area contributed by atoms with Gasteiger partial charge in [-0.25, -0.2) is 0 Å². The van der Waals surface area contributed by atoms with Gasteiger partial charge in [0.15, 0.2) is 5.96 Å². The third-order valence-electron chi connectivity index (χ3n) is 3.49. The molecule has 0 heterocycles. The number of halogens is 1. The van der Waals surface area contributed by atoms with Gasteiger partial charge >= 0.3 is 0 Å². The van der Waals surface area contributed by atoms with E-state index < -0.39 is 0 Å². The fourth-order valence-corrected chi connectivity index (χ4v) is 2.21. The van der Waals surface area contributed by atoms with E-state index in [1.165, 1.54) is 5.56 Å². The summed E-state index contributed by atoms with van der Waals surface area (Å²) in [5.74, 6) is 1.25. The molecular formula is C20H37IN4O. The van der Waals surface area contributed by atoms with E-state index in [2.05, 4.69) is 67.7 Å². The molecule has 1 rings (SSSR count). The van der Waals surface area contributed by atoms with E-state index in [-0.39, 0.29) is 29.5 Å². The molecule has 0 aliphatic rings. The number of ether oxygens (including phenoxy) is 1. The molecule has 0 spiro atoms. The fourth-order valence-electron chi connectivity index (χ4n) is 2.21. The van der Waals surface area contributed by atoms with E-state index in [4.69, 9.17) is 4.74 Å². The zero-order valence-electron chi connectivity index (χ0n) is 17.0. The van der Waals surface area contributed by atoms with Crippen LogP contribution in [0, 0.1) is 5.92 Å². The Labute approximate surface area is 176 Å². The molecule has 1 unspecified atom stereocenters. The van der Waals surface area contributed by atoms with Crippen LogP contribution in [-0.2, 0) is 11.3 Å². The van der Waals surface area contributed by atoms with Gasteiger partial charge in [0.05, 0.1) is 13.2 Å². The van der Waals surface area contributed by atoms with Crippen molar-refractivity contribution in [2.24, 2.45) is 10.9 Å². The third-order valence-corrected chi connectivity index (χ3v) is 3.49. The van der Waals surface area contributed by atoms with Gasteiger partial charge in [0.25, 0.3) is 0 Å². The summed E-state index contributed by atoms with van der Waals surface area (Å²) in [4.78, 5) is 4.66. The molecule has 0 aromatic heterocycles. The Hall–Kier alpha value is -0.860. The standard InChI is InChI=1S/C20H36N4O.HI/c1-6-21-19(22-12-13-24-20(3,4)5)23-14-17(2)15-25-16-18-10-8-7-9-11-18;/h7-11,17,24H,6,12-16H2,1-5H3,(H2,21,22,23);1H. The summed E-state index contributed by atoms with van der Waals surface area (Å²) in [5.41, 5.74) is 1.35. The second-order valence-electron chi connectivity index (χ2n) is 7.43. The SMILES string of the molecule is CCNC(=NCC(C)COCc1ccccc1)NCCNC(C)(C)C.I. The Morgan fingerprint density at radius 1 is 1.12 bits per heavy atom. The Morgan fingerprint density at radius 2 is 1.81 bits per heavy atom. The number of nitrogens with one attached hydrogen (secondary N) is 3. The minimum Gasteiger partial charge on any atom is -0.376 e. The average molecular weight is 476 g/mol. The van der Waals surface area contributed by atoms with Crippen LogP contribution in [0.5, 0.6) is 0 Å². The molecule has 1 atom stereocenters. The van der Waals surface area contributed by atoms with Gasteiger partial charge in [-0.2, -0.15) is 0 Å². The lowest BCUT2D eigenvalue weighted by Crippen LogP contribution is -2.44. The first-order valence-electron chi connectivity index (χ1n) is 9.29. The van der Waals surface area contributed by atoms with Gasteiger partial charge in [0.2, 0.25) is 0 Å². The fraction of sp³-hybridized carbons (Fsp3) is 0.650. The molecule has 0 saturated heterocycles. The quantitative estimate of drug-likeness (QED) is 0.210. The monoisotopic (exact) mass is 476 g/mol. The molecule has 26 heavy (non-hydrogen) atoms. The molecule has 150 valence electrons. The molecule has 1 aromatic carbocycles. The van der Waals surface area contributed by atoms with E-state index in [1.54, 1.807) is 0 Å². The van der Waals surface area contributed by atoms with E-state index in [0.717, 1.165) is 32.1 Å². The number of aliphatic imine (C=N–C) groups is 1. The summed E-state index contributed by atoms with van der Waals surface area (Å²) in [6.07, 6.45) is 0. The van der Waals surface area contributed by atoms with Gasteiger partial charge in [0.1, 0.15) is 0 Å². The third kappa shape index (κ3) is 13.4. The number of guanidine groups is 1. The highest BCUT2D eigenvalue weighted by Gasteiger charge is 2.08. The predicted octanol–water partition coefficient (Wildman–Crippen LogP) is 3.40. The van der Waals surface area contributed by atoms with Crippen LogP contribution < -0.4 is 16.0 Å². The van der Waals surface area contributed by atoms with Crippen LogP contribution in [0.25, 0.3) is 0 Å². The number of nitrogens with zero attached hydrogens (tertiary/aromatic N) is 1. The molecule has 6 heteroatoms. The molecule has 1 aromatic rings. The molecule has 0 bridgehead atoms. The lowest BCUT2D eigenvalue weighted by atomic mass is 10.1. The summed E-state index contributed by atoms with van der Waals surface area (Å²) >= 11 is 0. The first-order chi connectivity index (χ1) is 11.9. The smallest absolute Gasteiger partial charge is 0.191 e. The number of rotatable bonds is 10. The number of benzene rings is 1. The largest absolute Gasteiger partial charge is 0.376 e. The Bertz CT molecular complexity index is 488. The van der Waals surface area contributed by atoms with Crippen LogP contribution in [0.4, 0.5) is 0 Å². The first kappa shape index (κ1) is 25.1. The molecule has 0 aliphatic heterocycles. The molecule has 5 nitrogen and oxygen atoms in total. The van der Waals surface area contributed by atoms with Gasteiger partial charge < -0.3 is 20.7 Å². The molecule has 0 saturated carbocycles. The summed E-state index contributed by atoms with van der Waals surface area (Å²) in [7, 11) is 0. The van der Waals surface area contributed by atoms with Gasteiger partial charge in [-0.15, -0.1) is 24.0 Å². The van der Waals surface area contributed by atoms with Crippen LogP contribution in [0.1, 0.15) is 40.2 Å². The minimum atomic E-state index is 0. The zero-order valence-corrected chi connectivity index (χ0v) is 19.3. The predicted molar refractivity (Wildman–Crippen MR) is 122 cm³/mol. The first-order valence-corrected chi connectivity index (χ1v) is 9.29. The lowest BCUT2D eigenvalue weighted by molar-refractivity contribution is 0.0945. The van der Waals surface area contributed by atoms with Crippen molar-refractivity contribution in [3.05, 3.63) is 35.9 Å². The maximum absolute atomic E-state index is 5.79. The van der Waals surface area contributed by atoms with Crippen molar-refractivity contribution in [3.8, 4) is 0 Å². The van der Waals surface area contributed by atoms with Crippen LogP contribution in [0.2, 0.25) is 0 Å². The lowest BCUT2D eigenvalue weighted by Gasteiger charge is -2.21. The van der Waals surface area contributed by atoms with Gasteiger partial charge in [0, 0.05) is 31.7 Å². The zero-order chi connectivity index (χ0) is 18.5. The topological polar surface area (TPSA) is 57.7 Å². The summed E-state index contributed by atoms with van der Waals surface area (Å²) in [5, 5.41) is 10.1. The summed E-state index contributed by atoms with van der Waals surface area (Å²) in [6, 6.07) is 10.3. The molecule has 3 N–H and O–H groups in total. The number of hydrogen-bond donors (Lipinski definition) is 3. The average Bonchev–Trinajstić information content (AvgIpc) is 2.56. The van der Waals surface area contributed by atoms with Crippen molar-refractivity contribution in [2.45, 2.75) is 46.8 Å². The van der Waals surface area contributed by atoms with Crippen molar-refractivity contribution < 1.29 is 4.74 Å². The van der Waals surface area contributed by atoms with Gasteiger partial charge in [-0.1, -0.05) is 37.3 Å². The minimum absolute atomic E-state index is 0. The number of hydrogen-bond acceptors (Lipinski definition) is 3. The second-order valence-corrected chi connectivity index (χ2v) is 7.43. The molecule has 0 aliphatic carbocycles. The maximum Gasteiger partial charge on any atom is 0.191 e. The molecule has 0 fully saturated rings. The van der Waals surface area contributed by atoms with Gasteiger partial charge in [-0.05, 0) is 39.2 Å². The highest BCUT2D eigenvalue weighted by atomic mass is 127. The van der Waals surface area contributed by atoms with Crippen LogP contribution >= 0.6 is 24.0 Å².